The number of aromatic nitrogens is 2. The first-order valence-corrected chi connectivity index (χ1v) is 7.54. The van der Waals surface area contributed by atoms with E-state index in [9.17, 15) is 4.79 Å². The Balaban J connectivity index is 1.67. The maximum atomic E-state index is 12.1. The van der Waals surface area contributed by atoms with E-state index in [2.05, 4.69) is 21.5 Å². The highest BCUT2D eigenvalue weighted by molar-refractivity contribution is 5.79. The van der Waals surface area contributed by atoms with Crippen LogP contribution in [-0.4, -0.2) is 40.7 Å². The van der Waals surface area contributed by atoms with E-state index in [1.165, 1.54) is 18.4 Å². The van der Waals surface area contributed by atoms with Gasteiger partial charge in [0.2, 0.25) is 5.91 Å². The second kappa shape index (κ2) is 5.20. The van der Waals surface area contributed by atoms with Gasteiger partial charge in [0.25, 0.3) is 0 Å². The zero-order valence-corrected chi connectivity index (χ0v) is 12.4. The summed E-state index contributed by atoms with van der Waals surface area (Å²) >= 11 is 0. The van der Waals surface area contributed by atoms with Crippen molar-refractivity contribution in [3.63, 3.8) is 0 Å². The number of nitrogens with zero attached hydrogens (tertiary/aromatic N) is 3. The zero-order valence-electron chi connectivity index (χ0n) is 12.4. The molecule has 1 saturated carbocycles. The van der Waals surface area contributed by atoms with Gasteiger partial charge < -0.3 is 5.32 Å². The molecule has 0 bridgehead atoms. The van der Waals surface area contributed by atoms with Crippen LogP contribution >= 0.6 is 0 Å². The standard InChI is InChI=1S/C15H24N4O/c1-16-14(20)13-4-3-5-15(13)6-7-19(11-15)10-12-8-17-18(2)9-12/h8-9,13H,3-7,10-11H2,1-2H3,(H,16,20)/t13-,15+/m0/s1. The molecule has 0 aromatic carbocycles. The van der Waals surface area contributed by atoms with Crippen LogP contribution in [0.3, 0.4) is 0 Å². The quantitative estimate of drug-likeness (QED) is 0.901. The topological polar surface area (TPSA) is 50.2 Å². The van der Waals surface area contributed by atoms with Crippen LogP contribution in [0.25, 0.3) is 0 Å². The number of hydrogen-bond donors (Lipinski definition) is 1. The number of carbonyl (C=O) groups is 1. The molecule has 1 N–H and O–H groups in total. The highest BCUT2D eigenvalue weighted by Crippen LogP contribution is 2.49. The highest BCUT2D eigenvalue weighted by atomic mass is 16.1. The lowest BCUT2D eigenvalue weighted by Crippen LogP contribution is -2.39. The smallest absolute Gasteiger partial charge is 0.223 e. The van der Waals surface area contributed by atoms with Crippen LogP contribution in [0.2, 0.25) is 0 Å². The van der Waals surface area contributed by atoms with Gasteiger partial charge in [-0.25, -0.2) is 0 Å². The van der Waals surface area contributed by atoms with Gasteiger partial charge in [-0.05, 0) is 31.2 Å². The molecule has 1 saturated heterocycles. The molecule has 20 heavy (non-hydrogen) atoms. The Morgan fingerprint density at radius 3 is 3.10 bits per heavy atom. The fraction of sp³-hybridized carbons (Fsp3) is 0.733. The van der Waals surface area contributed by atoms with E-state index in [0.29, 0.717) is 0 Å². The second-order valence-corrected chi connectivity index (χ2v) is 6.40. The van der Waals surface area contributed by atoms with Gasteiger partial charge in [-0.1, -0.05) is 6.42 Å². The third-order valence-electron chi connectivity index (χ3n) is 5.10. The van der Waals surface area contributed by atoms with Crippen molar-refractivity contribution in [1.29, 1.82) is 0 Å². The molecule has 2 fully saturated rings. The Morgan fingerprint density at radius 2 is 2.40 bits per heavy atom. The average Bonchev–Trinajstić information content (AvgIpc) is 3.13. The number of aryl methyl sites for hydroxylation is 1. The van der Waals surface area contributed by atoms with E-state index in [4.69, 9.17) is 0 Å². The Labute approximate surface area is 120 Å². The molecule has 5 heteroatoms. The first-order valence-electron chi connectivity index (χ1n) is 7.54. The van der Waals surface area contributed by atoms with Gasteiger partial charge in [0.15, 0.2) is 0 Å². The summed E-state index contributed by atoms with van der Waals surface area (Å²) in [4.78, 5) is 14.6. The summed E-state index contributed by atoms with van der Waals surface area (Å²) in [6.07, 6.45) is 8.63. The average molecular weight is 276 g/mol. The molecule has 2 heterocycles. The molecule has 0 radical (unpaired) electrons. The second-order valence-electron chi connectivity index (χ2n) is 6.40. The van der Waals surface area contributed by atoms with E-state index < -0.39 is 0 Å². The van der Waals surface area contributed by atoms with Crippen LogP contribution < -0.4 is 5.32 Å². The van der Waals surface area contributed by atoms with Crippen molar-refractivity contribution in [2.45, 2.75) is 32.2 Å². The van der Waals surface area contributed by atoms with Crippen molar-refractivity contribution in [3.8, 4) is 0 Å². The fourth-order valence-electron chi connectivity index (χ4n) is 4.14. The maximum absolute atomic E-state index is 12.1. The molecule has 1 amide bonds. The fourth-order valence-corrected chi connectivity index (χ4v) is 4.14. The van der Waals surface area contributed by atoms with Crippen LogP contribution in [0, 0.1) is 11.3 Å². The van der Waals surface area contributed by atoms with Crippen LogP contribution in [0.4, 0.5) is 0 Å². The molecule has 1 spiro atoms. The van der Waals surface area contributed by atoms with E-state index >= 15 is 0 Å². The summed E-state index contributed by atoms with van der Waals surface area (Å²) in [5.74, 6) is 0.456. The third-order valence-corrected chi connectivity index (χ3v) is 5.10. The lowest BCUT2D eigenvalue weighted by molar-refractivity contribution is -0.127. The maximum Gasteiger partial charge on any atom is 0.223 e. The summed E-state index contributed by atoms with van der Waals surface area (Å²) in [6.45, 7) is 3.11. The Hall–Kier alpha value is -1.36. The zero-order chi connectivity index (χ0) is 14.2. The van der Waals surface area contributed by atoms with Gasteiger partial charge in [0, 0.05) is 44.9 Å². The van der Waals surface area contributed by atoms with Crippen LogP contribution in [0.5, 0.6) is 0 Å². The highest BCUT2D eigenvalue weighted by Gasteiger charge is 2.49. The third kappa shape index (κ3) is 2.35. The molecule has 1 aliphatic carbocycles. The molecule has 1 aliphatic heterocycles. The van der Waals surface area contributed by atoms with Crippen molar-refractivity contribution in [2.24, 2.45) is 18.4 Å². The Bertz CT molecular complexity index is 498. The number of amides is 1. The molecule has 3 rings (SSSR count). The minimum absolute atomic E-state index is 0.214. The van der Waals surface area contributed by atoms with Gasteiger partial charge >= 0.3 is 0 Å². The molecule has 2 aliphatic rings. The lowest BCUT2D eigenvalue weighted by atomic mass is 9.76. The summed E-state index contributed by atoms with van der Waals surface area (Å²) in [6, 6.07) is 0. The summed E-state index contributed by atoms with van der Waals surface area (Å²) in [5, 5.41) is 7.09. The Morgan fingerprint density at radius 1 is 1.55 bits per heavy atom. The molecule has 110 valence electrons. The predicted molar refractivity (Wildman–Crippen MR) is 76.9 cm³/mol. The van der Waals surface area contributed by atoms with Gasteiger partial charge in [-0.3, -0.25) is 14.4 Å². The van der Waals surface area contributed by atoms with E-state index in [0.717, 1.165) is 32.5 Å². The summed E-state index contributed by atoms with van der Waals surface area (Å²) < 4.78 is 1.85. The largest absolute Gasteiger partial charge is 0.359 e. The van der Waals surface area contributed by atoms with E-state index in [-0.39, 0.29) is 17.2 Å². The first-order chi connectivity index (χ1) is 9.63. The number of hydrogen-bond acceptors (Lipinski definition) is 3. The number of rotatable bonds is 3. The molecule has 0 unspecified atom stereocenters. The van der Waals surface area contributed by atoms with E-state index in [1.807, 2.05) is 17.9 Å². The van der Waals surface area contributed by atoms with Crippen LogP contribution in [-0.2, 0) is 18.4 Å². The van der Waals surface area contributed by atoms with Crippen molar-refractivity contribution in [3.05, 3.63) is 18.0 Å². The number of nitrogens with one attached hydrogen (secondary N) is 1. The van der Waals surface area contributed by atoms with Gasteiger partial charge in [-0.15, -0.1) is 0 Å². The normalized spacial score (nSPS) is 30.2. The molecule has 2 atom stereocenters. The molecular formula is C15H24N4O. The summed E-state index contributed by atoms with van der Waals surface area (Å²) in [5.41, 5.74) is 1.49. The number of carbonyl (C=O) groups excluding carboxylic acids is 1. The molecule has 1 aromatic heterocycles. The first kappa shape index (κ1) is 13.6. The van der Waals surface area contributed by atoms with Crippen molar-refractivity contribution in [2.75, 3.05) is 20.1 Å². The van der Waals surface area contributed by atoms with Crippen LogP contribution in [0.15, 0.2) is 12.4 Å². The molecule has 5 nitrogen and oxygen atoms in total. The Kier molecular flexibility index (Phi) is 3.54. The monoisotopic (exact) mass is 276 g/mol. The minimum atomic E-state index is 0.214. The number of likely N-dealkylation sites (tertiary alicyclic amines) is 1. The van der Waals surface area contributed by atoms with Gasteiger partial charge in [-0.2, -0.15) is 5.10 Å². The van der Waals surface area contributed by atoms with Gasteiger partial charge in [0.1, 0.15) is 0 Å². The lowest BCUT2D eigenvalue weighted by Gasteiger charge is -2.30. The predicted octanol–water partition coefficient (Wildman–Crippen LogP) is 1.16. The van der Waals surface area contributed by atoms with E-state index in [1.54, 1.807) is 7.05 Å². The van der Waals surface area contributed by atoms with Crippen molar-refractivity contribution >= 4 is 5.91 Å². The van der Waals surface area contributed by atoms with Crippen molar-refractivity contribution in [1.82, 2.24) is 20.0 Å². The van der Waals surface area contributed by atoms with Crippen molar-refractivity contribution < 1.29 is 4.79 Å². The molecular weight excluding hydrogens is 252 g/mol. The minimum Gasteiger partial charge on any atom is -0.359 e. The molecule has 1 aromatic rings. The van der Waals surface area contributed by atoms with Gasteiger partial charge in [0.05, 0.1) is 6.20 Å². The SMILES string of the molecule is CNC(=O)[C@@H]1CCC[C@]12CCN(Cc1cnn(C)c1)C2. The summed E-state index contributed by atoms with van der Waals surface area (Å²) in [7, 11) is 3.71. The van der Waals surface area contributed by atoms with Crippen LogP contribution in [0.1, 0.15) is 31.2 Å².